The van der Waals surface area contributed by atoms with Gasteiger partial charge in [-0.2, -0.15) is 10.4 Å². The lowest BCUT2D eigenvalue weighted by atomic mass is 10.0. The van der Waals surface area contributed by atoms with Crippen LogP contribution in [0.5, 0.6) is 5.88 Å². The monoisotopic (exact) mass is 473 g/mol. The number of carbonyl (C=O) groups excluding carboxylic acids is 2. The van der Waals surface area contributed by atoms with Gasteiger partial charge in [-0.1, -0.05) is 12.1 Å². The Morgan fingerprint density at radius 2 is 1.97 bits per heavy atom. The maximum atomic E-state index is 11.6. The van der Waals surface area contributed by atoms with Crippen LogP contribution in [-0.2, 0) is 9.59 Å². The minimum absolute atomic E-state index is 0.0159. The topological polar surface area (TPSA) is 116 Å². The Kier molecular flexibility index (Phi) is 5.99. The number of nitriles is 1. The molecule has 2 aromatic heterocycles. The Morgan fingerprint density at radius 3 is 2.60 bits per heavy atom. The minimum Gasteiger partial charge on any atom is -0.473 e. The van der Waals surface area contributed by atoms with Crippen molar-refractivity contribution >= 4 is 23.0 Å². The van der Waals surface area contributed by atoms with Gasteiger partial charge in [0.05, 0.1) is 18.1 Å². The molecule has 2 atom stereocenters. The highest BCUT2D eigenvalue weighted by molar-refractivity contribution is 5.78. The SMILES string of the molecule is CC(=O)N1CCN(c2ccc(-c3cn4ncc(C#N)c4c(OC(C)C4CNC(=O)C4)n3)cc2)CC1. The second-order valence-electron chi connectivity index (χ2n) is 9.03. The minimum atomic E-state index is -0.266. The summed E-state index contributed by atoms with van der Waals surface area (Å²) in [5.74, 6) is 0.488. The van der Waals surface area contributed by atoms with E-state index in [1.807, 2.05) is 36.1 Å². The van der Waals surface area contributed by atoms with Gasteiger partial charge in [0.25, 0.3) is 0 Å². The molecule has 5 rings (SSSR count). The van der Waals surface area contributed by atoms with Crippen LogP contribution in [0.25, 0.3) is 16.8 Å². The van der Waals surface area contributed by atoms with Gasteiger partial charge in [-0.3, -0.25) is 9.59 Å². The molecular formula is C25H27N7O3. The van der Waals surface area contributed by atoms with Crippen LogP contribution >= 0.6 is 0 Å². The predicted octanol–water partition coefficient (Wildman–Crippen LogP) is 1.84. The number of fused-ring (bicyclic) bond motifs is 1. The number of ether oxygens (including phenoxy) is 1. The summed E-state index contributed by atoms with van der Waals surface area (Å²) in [5.41, 5.74) is 3.54. The van der Waals surface area contributed by atoms with E-state index in [-0.39, 0.29) is 23.8 Å². The third kappa shape index (κ3) is 4.49. The molecule has 10 heteroatoms. The molecule has 10 nitrogen and oxygen atoms in total. The van der Waals surface area contributed by atoms with Crippen molar-refractivity contribution in [3.63, 3.8) is 0 Å². The van der Waals surface area contributed by atoms with Crippen molar-refractivity contribution in [2.24, 2.45) is 5.92 Å². The number of aromatic nitrogens is 3. The van der Waals surface area contributed by atoms with E-state index in [1.54, 1.807) is 17.6 Å². The molecule has 2 amide bonds. The van der Waals surface area contributed by atoms with Gasteiger partial charge in [0.2, 0.25) is 17.7 Å². The first kappa shape index (κ1) is 22.7. The highest BCUT2D eigenvalue weighted by atomic mass is 16.5. The van der Waals surface area contributed by atoms with Crippen molar-refractivity contribution in [3.05, 3.63) is 42.2 Å². The van der Waals surface area contributed by atoms with Gasteiger partial charge in [-0.25, -0.2) is 9.50 Å². The maximum absolute atomic E-state index is 11.6. The van der Waals surface area contributed by atoms with E-state index in [1.165, 1.54) is 6.20 Å². The quantitative estimate of drug-likeness (QED) is 0.601. The van der Waals surface area contributed by atoms with E-state index in [2.05, 4.69) is 21.4 Å². The number of rotatable bonds is 5. The van der Waals surface area contributed by atoms with E-state index in [0.717, 1.165) is 37.4 Å². The molecule has 2 unspecified atom stereocenters. The van der Waals surface area contributed by atoms with Crippen LogP contribution < -0.4 is 15.0 Å². The second kappa shape index (κ2) is 9.25. The number of nitrogens with one attached hydrogen (secondary N) is 1. The molecule has 2 aliphatic rings. The number of nitrogens with zero attached hydrogens (tertiary/aromatic N) is 6. The summed E-state index contributed by atoms with van der Waals surface area (Å²) in [4.78, 5) is 32.1. The van der Waals surface area contributed by atoms with Crippen molar-refractivity contribution in [3.8, 4) is 23.2 Å². The van der Waals surface area contributed by atoms with Crippen LogP contribution in [0.1, 0.15) is 25.8 Å². The number of anilines is 1. The van der Waals surface area contributed by atoms with Crippen molar-refractivity contribution in [2.45, 2.75) is 26.4 Å². The number of carbonyl (C=O) groups is 2. The molecule has 3 aromatic rings. The van der Waals surface area contributed by atoms with Crippen molar-refractivity contribution in [1.29, 1.82) is 5.26 Å². The molecule has 0 radical (unpaired) electrons. The normalized spacial score (nSPS) is 18.9. The maximum Gasteiger partial charge on any atom is 0.242 e. The van der Waals surface area contributed by atoms with Gasteiger partial charge in [-0.05, 0) is 19.1 Å². The third-order valence-electron chi connectivity index (χ3n) is 6.81. The fraction of sp³-hybridized carbons (Fsp3) is 0.400. The van der Waals surface area contributed by atoms with E-state index in [0.29, 0.717) is 35.6 Å². The van der Waals surface area contributed by atoms with Gasteiger partial charge in [0.1, 0.15) is 23.3 Å². The number of benzene rings is 1. The van der Waals surface area contributed by atoms with Gasteiger partial charge in [0, 0.05) is 63.2 Å². The van der Waals surface area contributed by atoms with Crippen LogP contribution in [0, 0.1) is 17.2 Å². The van der Waals surface area contributed by atoms with E-state index >= 15 is 0 Å². The zero-order valence-corrected chi connectivity index (χ0v) is 19.8. The molecule has 0 aliphatic carbocycles. The van der Waals surface area contributed by atoms with E-state index in [4.69, 9.17) is 9.72 Å². The Hall–Kier alpha value is -4.13. The van der Waals surface area contributed by atoms with Crippen molar-refractivity contribution in [2.75, 3.05) is 37.6 Å². The smallest absolute Gasteiger partial charge is 0.242 e. The molecule has 2 fully saturated rings. The van der Waals surface area contributed by atoms with Gasteiger partial charge < -0.3 is 19.9 Å². The molecular weight excluding hydrogens is 446 g/mol. The first-order chi connectivity index (χ1) is 16.9. The second-order valence-corrected chi connectivity index (χ2v) is 9.03. The predicted molar refractivity (Wildman–Crippen MR) is 129 cm³/mol. The number of hydrogen-bond donors (Lipinski definition) is 1. The largest absolute Gasteiger partial charge is 0.473 e. The molecule has 2 saturated heterocycles. The van der Waals surface area contributed by atoms with Crippen LogP contribution in [0.4, 0.5) is 5.69 Å². The fourth-order valence-corrected chi connectivity index (χ4v) is 4.64. The fourth-order valence-electron chi connectivity index (χ4n) is 4.64. The number of piperazine rings is 1. The highest BCUT2D eigenvalue weighted by Gasteiger charge is 2.29. The molecule has 0 bridgehead atoms. The van der Waals surface area contributed by atoms with Gasteiger partial charge in [-0.15, -0.1) is 0 Å². The van der Waals surface area contributed by atoms with Gasteiger partial charge in [0.15, 0.2) is 0 Å². The Balaban J connectivity index is 1.41. The van der Waals surface area contributed by atoms with Crippen LogP contribution in [0.3, 0.4) is 0 Å². The van der Waals surface area contributed by atoms with Crippen molar-refractivity contribution in [1.82, 2.24) is 24.8 Å². The van der Waals surface area contributed by atoms with E-state index in [9.17, 15) is 14.9 Å². The lowest BCUT2D eigenvalue weighted by molar-refractivity contribution is -0.129. The average Bonchev–Trinajstić information content (AvgIpc) is 3.50. The average molecular weight is 474 g/mol. The first-order valence-corrected chi connectivity index (χ1v) is 11.8. The number of amides is 2. The number of hydrogen-bond acceptors (Lipinski definition) is 7. The summed E-state index contributed by atoms with van der Waals surface area (Å²) in [6.07, 6.45) is 3.43. The summed E-state index contributed by atoms with van der Waals surface area (Å²) in [5, 5.41) is 16.7. The van der Waals surface area contributed by atoms with Crippen LogP contribution in [0.15, 0.2) is 36.7 Å². The lowest BCUT2D eigenvalue weighted by Gasteiger charge is -2.35. The molecule has 2 aliphatic heterocycles. The molecule has 0 spiro atoms. The standard InChI is InChI=1S/C25H27N7O3/c1-16(19-11-23(34)27-13-19)35-25-24-20(12-26)14-28-32(24)15-22(29-25)18-3-5-21(6-4-18)31-9-7-30(8-10-31)17(2)33/h3-6,14-16,19H,7-11,13H2,1-2H3,(H,27,34). The summed E-state index contributed by atoms with van der Waals surface area (Å²) in [6, 6.07) is 10.3. The highest BCUT2D eigenvalue weighted by Crippen LogP contribution is 2.30. The summed E-state index contributed by atoms with van der Waals surface area (Å²) in [6.45, 7) is 7.11. The molecule has 1 aromatic carbocycles. The molecule has 4 heterocycles. The Bertz CT molecular complexity index is 1300. The van der Waals surface area contributed by atoms with Gasteiger partial charge >= 0.3 is 0 Å². The zero-order chi connectivity index (χ0) is 24.5. The summed E-state index contributed by atoms with van der Waals surface area (Å²) >= 11 is 0. The van der Waals surface area contributed by atoms with E-state index < -0.39 is 0 Å². The molecule has 0 saturated carbocycles. The molecule has 1 N–H and O–H groups in total. The lowest BCUT2D eigenvalue weighted by Crippen LogP contribution is -2.48. The Morgan fingerprint density at radius 1 is 1.23 bits per heavy atom. The summed E-state index contributed by atoms with van der Waals surface area (Å²) in [7, 11) is 0. The summed E-state index contributed by atoms with van der Waals surface area (Å²) < 4.78 is 7.84. The first-order valence-electron chi connectivity index (χ1n) is 11.8. The molecule has 35 heavy (non-hydrogen) atoms. The Labute approximate surface area is 203 Å². The van der Waals surface area contributed by atoms with Crippen LogP contribution in [0.2, 0.25) is 0 Å². The van der Waals surface area contributed by atoms with Crippen LogP contribution in [-0.4, -0.2) is 70.1 Å². The zero-order valence-electron chi connectivity index (χ0n) is 19.8. The third-order valence-corrected chi connectivity index (χ3v) is 6.81. The molecule has 180 valence electrons. The van der Waals surface area contributed by atoms with Crippen molar-refractivity contribution < 1.29 is 14.3 Å².